The van der Waals surface area contributed by atoms with E-state index in [1.165, 1.54) is 22.3 Å². The molecule has 0 spiro atoms. The van der Waals surface area contributed by atoms with Crippen LogP contribution in [-0.2, 0) is 0 Å². The second kappa shape index (κ2) is 13.8. The van der Waals surface area contributed by atoms with Gasteiger partial charge in [-0.25, -0.2) is 15.0 Å². The molecule has 0 N–H and O–H groups in total. The summed E-state index contributed by atoms with van der Waals surface area (Å²) in [4.78, 5) is 15.1. The molecule has 4 nitrogen and oxygen atoms in total. The number of aromatic nitrogens is 3. The Hall–Kier alpha value is -7.43. The zero-order valence-corrected chi connectivity index (χ0v) is 29.8. The van der Waals surface area contributed by atoms with E-state index in [4.69, 9.17) is 19.4 Å². The first-order valence-electron chi connectivity index (χ1n) is 18.4. The van der Waals surface area contributed by atoms with Crippen LogP contribution in [-0.4, -0.2) is 15.0 Å². The van der Waals surface area contributed by atoms with Crippen molar-refractivity contribution in [3.05, 3.63) is 200 Å². The third-order valence-electron chi connectivity index (χ3n) is 10.2. The van der Waals surface area contributed by atoms with E-state index in [1.807, 2.05) is 54.6 Å². The van der Waals surface area contributed by atoms with Crippen molar-refractivity contribution >= 4 is 21.9 Å². The smallest absolute Gasteiger partial charge is 0.164 e. The predicted octanol–water partition coefficient (Wildman–Crippen LogP) is 13.4. The fourth-order valence-corrected chi connectivity index (χ4v) is 7.26. The summed E-state index contributed by atoms with van der Waals surface area (Å²) < 4.78 is 6.34. The number of hydrogen-bond donors (Lipinski definition) is 0. The van der Waals surface area contributed by atoms with E-state index in [0.717, 1.165) is 60.9 Å². The van der Waals surface area contributed by atoms with Crippen molar-refractivity contribution < 1.29 is 4.42 Å². The van der Waals surface area contributed by atoms with Gasteiger partial charge in [-0.15, -0.1) is 0 Å². The van der Waals surface area contributed by atoms with Crippen LogP contribution in [0.5, 0.6) is 0 Å². The van der Waals surface area contributed by atoms with Crippen LogP contribution >= 0.6 is 0 Å². The van der Waals surface area contributed by atoms with E-state index in [-0.39, 0.29) is 0 Å². The van der Waals surface area contributed by atoms with Gasteiger partial charge in [0.1, 0.15) is 11.2 Å². The van der Waals surface area contributed by atoms with Crippen molar-refractivity contribution in [1.82, 2.24) is 15.0 Å². The molecule has 4 heteroatoms. The molecule has 10 aromatic rings. The monoisotopic (exact) mass is 703 g/mol. The average Bonchev–Trinajstić information content (AvgIpc) is 3.65. The minimum absolute atomic E-state index is 0.605. The second-order valence-corrected chi connectivity index (χ2v) is 13.7. The molecule has 8 aromatic carbocycles. The van der Waals surface area contributed by atoms with E-state index in [2.05, 4.69) is 146 Å². The highest BCUT2D eigenvalue weighted by molar-refractivity contribution is 6.07. The van der Waals surface area contributed by atoms with Crippen molar-refractivity contribution in [2.45, 2.75) is 0 Å². The third-order valence-corrected chi connectivity index (χ3v) is 10.2. The van der Waals surface area contributed by atoms with Gasteiger partial charge in [0.25, 0.3) is 0 Å². The van der Waals surface area contributed by atoms with Crippen molar-refractivity contribution in [2.24, 2.45) is 0 Å². The van der Waals surface area contributed by atoms with Gasteiger partial charge in [0.05, 0.1) is 0 Å². The lowest BCUT2D eigenvalue weighted by molar-refractivity contribution is 0.669. The van der Waals surface area contributed by atoms with Crippen LogP contribution < -0.4 is 0 Å². The zero-order valence-electron chi connectivity index (χ0n) is 29.8. The third kappa shape index (κ3) is 6.36. The molecule has 2 aromatic heterocycles. The normalized spacial score (nSPS) is 11.3. The highest BCUT2D eigenvalue weighted by Gasteiger charge is 2.16. The first-order valence-corrected chi connectivity index (χ1v) is 18.4. The lowest BCUT2D eigenvalue weighted by Crippen LogP contribution is -2.00. The van der Waals surface area contributed by atoms with Gasteiger partial charge in [-0.3, -0.25) is 0 Å². The number of fused-ring (bicyclic) bond motifs is 3. The summed E-state index contributed by atoms with van der Waals surface area (Å²) in [5, 5.41) is 2.06. The van der Waals surface area contributed by atoms with E-state index in [0.29, 0.717) is 17.5 Å². The summed E-state index contributed by atoms with van der Waals surface area (Å²) in [6.45, 7) is 0. The molecule has 258 valence electrons. The number of furan rings is 1. The molecule has 0 atom stereocenters. The quantitative estimate of drug-likeness (QED) is 0.166. The molecule has 0 aliphatic rings. The summed E-state index contributed by atoms with van der Waals surface area (Å²) in [7, 11) is 0. The molecule has 0 amide bonds. The minimum Gasteiger partial charge on any atom is -0.456 e. The predicted molar refractivity (Wildman–Crippen MR) is 225 cm³/mol. The first-order chi connectivity index (χ1) is 27.2. The van der Waals surface area contributed by atoms with Crippen LogP contribution in [0, 0.1) is 0 Å². The Kier molecular flexibility index (Phi) is 8.12. The molecule has 0 aliphatic heterocycles. The van der Waals surface area contributed by atoms with Gasteiger partial charge in [0, 0.05) is 27.5 Å². The van der Waals surface area contributed by atoms with Gasteiger partial charge in [0.15, 0.2) is 17.5 Å². The first kappa shape index (κ1) is 32.2. The molecule has 0 fully saturated rings. The molecule has 55 heavy (non-hydrogen) atoms. The molecule has 10 rings (SSSR count). The van der Waals surface area contributed by atoms with E-state index >= 15 is 0 Å². The van der Waals surface area contributed by atoms with Gasteiger partial charge in [-0.2, -0.15) is 0 Å². The van der Waals surface area contributed by atoms with Crippen molar-refractivity contribution in [3.63, 3.8) is 0 Å². The lowest BCUT2D eigenvalue weighted by Gasteiger charge is -2.10. The van der Waals surface area contributed by atoms with Crippen LogP contribution in [0.1, 0.15) is 0 Å². The Morgan fingerprint density at radius 3 is 1.07 bits per heavy atom. The molecule has 0 aliphatic carbocycles. The number of nitrogens with zero attached hydrogens (tertiary/aromatic N) is 3. The van der Waals surface area contributed by atoms with E-state index < -0.39 is 0 Å². The Bertz CT molecular complexity index is 2940. The number of benzene rings is 8. The van der Waals surface area contributed by atoms with Crippen molar-refractivity contribution in [1.29, 1.82) is 0 Å². The minimum atomic E-state index is 0.605. The molecule has 0 saturated heterocycles. The van der Waals surface area contributed by atoms with Crippen LogP contribution in [0.25, 0.3) is 101 Å². The SMILES string of the molecule is c1ccc(-c2ccc(-c3ccc(-c4ccc5oc6ccc(-c7nc(-c8ccccc8)nc(-c8cccc(-c9ccccc9)c8)n7)cc6c5c4)cc3)cc2)cc1. The van der Waals surface area contributed by atoms with Gasteiger partial charge in [0.2, 0.25) is 0 Å². The van der Waals surface area contributed by atoms with E-state index in [1.54, 1.807) is 0 Å². The number of hydrogen-bond acceptors (Lipinski definition) is 4. The summed E-state index contributed by atoms with van der Waals surface area (Å²) in [5.74, 6) is 1.85. The highest BCUT2D eigenvalue weighted by Crippen LogP contribution is 2.36. The maximum atomic E-state index is 6.34. The van der Waals surface area contributed by atoms with Gasteiger partial charge < -0.3 is 4.42 Å². The second-order valence-electron chi connectivity index (χ2n) is 13.7. The molecule has 2 heterocycles. The lowest BCUT2D eigenvalue weighted by atomic mass is 9.97. The summed E-state index contributed by atoms with van der Waals surface area (Å²) in [6, 6.07) is 69.4. The maximum Gasteiger partial charge on any atom is 0.164 e. The summed E-state index contributed by atoms with van der Waals surface area (Å²) in [5.41, 5.74) is 13.7. The maximum absolute atomic E-state index is 6.34. The Balaban J connectivity index is 1.01. The van der Waals surface area contributed by atoms with Crippen LogP contribution in [0.3, 0.4) is 0 Å². The van der Waals surface area contributed by atoms with Crippen LogP contribution in [0.15, 0.2) is 205 Å². The number of rotatable bonds is 7. The topological polar surface area (TPSA) is 51.8 Å². The Labute approximate surface area is 319 Å². The highest BCUT2D eigenvalue weighted by atomic mass is 16.3. The molecule has 0 saturated carbocycles. The molecular weight excluding hydrogens is 671 g/mol. The molecule has 0 radical (unpaired) electrons. The Morgan fingerprint density at radius 2 is 0.545 bits per heavy atom. The standard InChI is InChI=1S/C51H33N3O/c1-4-11-34(12-5-1)36-19-21-37(22-20-36)38-23-25-39(26-24-38)42-27-29-47-45(32-42)46-33-44(28-30-48(46)55-47)51-53-49(40-15-8-3-9-16-40)52-50(54-51)43-18-10-17-41(31-43)35-13-6-2-7-14-35/h1-33H. The van der Waals surface area contributed by atoms with Crippen LogP contribution in [0.2, 0.25) is 0 Å². The molecule has 0 bridgehead atoms. The van der Waals surface area contributed by atoms with Crippen molar-refractivity contribution in [3.8, 4) is 78.7 Å². The van der Waals surface area contributed by atoms with Gasteiger partial charge in [-0.05, 0) is 80.9 Å². The van der Waals surface area contributed by atoms with Gasteiger partial charge in [-0.1, -0.05) is 164 Å². The van der Waals surface area contributed by atoms with Crippen molar-refractivity contribution in [2.75, 3.05) is 0 Å². The van der Waals surface area contributed by atoms with Crippen LogP contribution in [0.4, 0.5) is 0 Å². The molecular formula is C51H33N3O. The zero-order chi connectivity index (χ0) is 36.6. The summed E-state index contributed by atoms with van der Waals surface area (Å²) >= 11 is 0. The largest absolute Gasteiger partial charge is 0.456 e. The van der Waals surface area contributed by atoms with E-state index in [9.17, 15) is 0 Å². The average molecular weight is 704 g/mol. The van der Waals surface area contributed by atoms with Gasteiger partial charge >= 0.3 is 0 Å². The fraction of sp³-hybridized carbons (Fsp3) is 0. The summed E-state index contributed by atoms with van der Waals surface area (Å²) in [6.07, 6.45) is 0. The Morgan fingerprint density at radius 1 is 0.236 bits per heavy atom. The fourth-order valence-electron chi connectivity index (χ4n) is 7.26. The molecule has 0 unspecified atom stereocenters.